The molecule has 3 aliphatic heterocycles. The molecule has 1 fully saturated rings. The van der Waals surface area contributed by atoms with Crippen LogP contribution in [0.2, 0.25) is 0 Å². The number of fused-ring (bicyclic) bond motifs is 7. The summed E-state index contributed by atoms with van der Waals surface area (Å²) in [6, 6.07) is 32.3. The quantitative estimate of drug-likeness (QED) is 0.340. The van der Waals surface area contributed by atoms with Crippen molar-refractivity contribution < 1.29 is 19.3 Å². The number of rotatable bonds is 1. The summed E-state index contributed by atoms with van der Waals surface area (Å²) in [7, 11) is 0. The van der Waals surface area contributed by atoms with Crippen LogP contribution in [0.3, 0.4) is 0 Å². The molecule has 0 radical (unpaired) electrons. The molecule has 4 aromatic carbocycles. The molecule has 3 heterocycles. The van der Waals surface area contributed by atoms with E-state index >= 15 is 0 Å². The largest absolute Gasteiger partial charge is 0.507 e. The van der Waals surface area contributed by atoms with Gasteiger partial charge in [0.2, 0.25) is 0 Å². The Kier molecular flexibility index (Phi) is 3.52. The van der Waals surface area contributed by atoms with E-state index in [1.54, 1.807) is 6.07 Å². The number of benzene rings is 4. The van der Waals surface area contributed by atoms with Gasteiger partial charge in [0.25, 0.3) is 5.79 Å². The van der Waals surface area contributed by atoms with E-state index in [9.17, 15) is 5.11 Å². The first-order valence-corrected chi connectivity index (χ1v) is 12.6. The van der Waals surface area contributed by atoms with Crippen LogP contribution in [-0.2, 0) is 22.2 Å². The summed E-state index contributed by atoms with van der Waals surface area (Å²) in [5.74, 6) is 0.985. The van der Waals surface area contributed by atoms with E-state index < -0.39 is 16.8 Å². The van der Waals surface area contributed by atoms with E-state index in [-0.39, 0.29) is 17.1 Å². The molecule has 4 aliphatic rings. The zero-order valence-electron chi connectivity index (χ0n) is 20.2. The summed E-state index contributed by atoms with van der Waals surface area (Å²) < 4.78 is 21.1. The Morgan fingerprint density at radius 1 is 0.611 bits per heavy atom. The third-order valence-electron chi connectivity index (χ3n) is 9.55. The van der Waals surface area contributed by atoms with E-state index in [1.807, 2.05) is 48.5 Å². The highest BCUT2D eigenvalue weighted by Crippen LogP contribution is 2.78. The Bertz CT molecular complexity index is 1580. The van der Waals surface area contributed by atoms with Crippen LogP contribution in [0.15, 0.2) is 97.1 Å². The molecular formula is C32H26O4. The van der Waals surface area contributed by atoms with Crippen LogP contribution in [0.4, 0.5) is 0 Å². The van der Waals surface area contributed by atoms with Gasteiger partial charge in [-0.25, -0.2) is 0 Å². The number of phenolic OH excluding ortho intramolecular Hbond substituents is 1. The SMILES string of the molecule is C[C@@]12c3ccccc3O[C@@]3(c4ccccc4O)Oc4ccccc4[C@@]4(C[C@]1(C)c1ccccc1O4)[C@H]32. The van der Waals surface area contributed by atoms with Gasteiger partial charge in [-0.1, -0.05) is 80.6 Å². The minimum atomic E-state index is -1.29. The molecule has 178 valence electrons. The van der Waals surface area contributed by atoms with E-state index in [0.717, 1.165) is 34.8 Å². The Morgan fingerprint density at radius 3 is 1.78 bits per heavy atom. The van der Waals surface area contributed by atoms with Crippen molar-refractivity contribution in [2.75, 3.05) is 0 Å². The average molecular weight is 475 g/mol. The summed E-state index contributed by atoms with van der Waals surface area (Å²) in [6.45, 7) is 4.72. The monoisotopic (exact) mass is 474 g/mol. The molecule has 4 nitrogen and oxygen atoms in total. The van der Waals surface area contributed by atoms with Crippen molar-refractivity contribution in [3.63, 3.8) is 0 Å². The van der Waals surface area contributed by atoms with Crippen LogP contribution in [0.1, 0.15) is 42.5 Å². The predicted octanol–water partition coefficient (Wildman–Crippen LogP) is 6.55. The maximum absolute atomic E-state index is 11.2. The van der Waals surface area contributed by atoms with Crippen LogP contribution in [0, 0.1) is 5.92 Å². The molecule has 0 saturated heterocycles. The van der Waals surface area contributed by atoms with Crippen molar-refractivity contribution in [1.82, 2.24) is 0 Å². The smallest absolute Gasteiger partial charge is 0.289 e. The highest BCUT2D eigenvalue weighted by Gasteiger charge is 2.82. The van der Waals surface area contributed by atoms with E-state index in [1.165, 1.54) is 5.56 Å². The lowest BCUT2D eigenvalue weighted by molar-refractivity contribution is -0.245. The Hall–Kier alpha value is -3.92. The maximum Gasteiger partial charge on any atom is 0.289 e. The topological polar surface area (TPSA) is 47.9 Å². The Labute approximate surface area is 210 Å². The number of hydrogen-bond acceptors (Lipinski definition) is 4. The van der Waals surface area contributed by atoms with Crippen LogP contribution in [0.5, 0.6) is 23.0 Å². The molecule has 1 aliphatic carbocycles. The number of hydrogen-bond donors (Lipinski definition) is 1. The minimum Gasteiger partial charge on any atom is -0.507 e. The molecular weight excluding hydrogens is 448 g/mol. The fourth-order valence-corrected chi connectivity index (χ4v) is 8.11. The van der Waals surface area contributed by atoms with Crippen LogP contribution < -0.4 is 14.2 Å². The Balaban J connectivity index is 1.58. The van der Waals surface area contributed by atoms with Gasteiger partial charge in [0.15, 0.2) is 0 Å². The third kappa shape index (κ3) is 2.02. The van der Waals surface area contributed by atoms with Gasteiger partial charge in [-0.2, -0.15) is 0 Å². The van der Waals surface area contributed by atoms with Gasteiger partial charge in [-0.3, -0.25) is 0 Å². The Morgan fingerprint density at radius 2 is 1.11 bits per heavy atom. The summed E-state index contributed by atoms with van der Waals surface area (Å²) in [4.78, 5) is 0. The lowest BCUT2D eigenvalue weighted by atomic mass is 9.54. The fourth-order valence-electron chi connectivity index (χ4n) is 8.11. The van der Waals surface area contributed by atoms with Gasteiger partial charge in [-0.05, 0) is 30.3 Å². The summed E-state index contributed by atoms with van der Waals surface area (Å²) in [5, 5.41) is 11.2. The molecule has 0 amide bonds. The standard InChI is InChI=1S/C32H26O4/c1-29-19-31(34-25-16-8-4-12-21(25)29)23-14-6-10-18-27(23)36-32(20-11-3-7-15-24(20)33)28(31)30(29,2)22-13-5-9-17-26(22)35-32/h3-18,28,33H,19H2,1-2H3/t28-,29-,30+,31+,32+/m1/s1. The molecule has 5 atom stereocenters. The van der Waals surface area contributed by atoms with Crippen molar-refractivity contribution in [1.29, 1.82) is 0 Å². The van der Waals surface area contributed by atoms with E-state index in [4.69, 9.17) is 14.2 Å². The first kappa shape index (κ1) is 20.3. The number of phenols is 1. The normalized spacial score (nSPS) is 34.1. The van der Waals surface area contributed by atoms with Crippen molar-refractivity contribution >= 4 is 0 Å². The van der Waals surface area contributed by atoms with Gasteiger partial charge in [0.1, 0.15) is 28.6 Å². The van der Waals surface area contributed by atoms with E-state index in [0.29, 0.717) is 5.56 Å². The van der Waals surface area contributed by atoms with Crippen molar-refractivity contribution in [3.05, 3.63) is 119 Å². The number of aromatic hydroxyl groups is 1. The van der Waals surface area contributed by atoms with Crippen molar-refractivity contribution in [3.8, 4) is 23.0 Å². The second-order valence-electron chi connectivity index (χ2n) is 11.0. The second kappa shape index (κ2) is 6.25. The van der Waals surface area contributed by atoms with Gasteiger partial charge in [0.05, 0.1) is 11.5 Å². The van der Waals surface area contributed by atoms with Gasteiger partial charge < -0.3 is 19.3 Å². The lowest BCUT2D eigenvalue weighted by Gasteiger charge is -2.57. The molecule has 1 saturated carbocycles. The zero-order valence-corrected chi connectivity index (χ0v) is 20.2. The lowest BCUT2D eigenvalue weighted by Crippen LogP contribution is -2.65. The predicted molar refractivity (Wildman–Crippen MR) is 135 cm³/mol. The molecule has 8 rings (SSSR count). The number of para-hydroxylation sites is 4. The van der Waals surface area contributed by atoms with Crippen molar-refractivity contribution in [2.45, 2.75) is 42.5 Å². The molecule has 36 heavy (non-hydrogen) atoms. The maximum atomic E-state index is 11.2. The molecule has 4 aromatic rings. The minimum absolute atomic E-state index is 0.151. The molecule has 0 unspecified atom stereocenters. The van der Waals surface area contributed by atoms with Gasteiger partial charge >= 0.3 is 0 Å². The summed E-state index contributed by atoms with van der Waals surface area (Å²) >= 11 is 0. The highest BCUT2D eigenvalue weighted by molar-refractivity contribution is 5.63. The third-order valence-corrected chi connectivity index (χ3v) is 9.55. The van der Waals surface area contributed by atoms with Crippen LogP contribution >= 0.6 is 0 Å². The average Bonchev–Trinajstić information content (AvgIpc) is 3.07. The highest BCUT2D eigenvalue weighted by atomic mass is 16.7. The van der Waals surface area contributed by atoms with Gasteiger partial charge in [0, 0.05) is 33.9 Å². The summed E-state index contributed by atoms with van der Waals surface area (Å²) in [5.41, 5.74) is 2.55. The summed E-state index contributed by atoms with van der Waals surface area (Å²) in [6.07, 6.45) is 0.769. The van der Waals surface area contributed by atoms with Crippen LogP contribution in [0.25, 0.3) is 0 Å². The second-order valence-corrected chi connectivity index (χ2v) is 11.0. The van der Waals surface area contributed by atoms with E-state index in [2.05, 4.69) is 56.3 Å². The van der Waals surface area contributed by atoms with Crippen LogP contribution in [-0.4, -0.2) is 5.11 Å². The fraction of sp³-hybridized carbons (Fsp3) is 0.250. The molecule has 1 spiro atoms. The number of ether oxygens (including phenoxy) is 3. The molecule has 4 heteroatoms. The molecule has 2 bridgehead atoms. The van der Waals surface area contributed by atoms with Crippen molar-refractivity contribution in [2.24, 2.45) is 5.92 Å². The first-order chi connectivity index (χ1) is 17.4. The molecule has 1 N–H and O–H groups in total. The zero-order chi connectivity index (χ0) is 24.3. The van der Waals surface area contributed by atoms with Gasteiger partial charge in [-0.15, -0.1) is 0 Å². The first-order valence-electron chi connectivity index (χ1n) is 12.6. The molecule has 0 aromatic heterocycles.